The molecule has 3 heterocycles. The molecule has 2 amide bonds. The molecule has 10 heteroatoms. The number of hydrogen-bond donors (Lipinski definition) is 1. The third-order valence-corrected chi connectivity index (χ3v) is 7.15. The molecule has 3 aromatic rings. The van der Waals surface area contributed by atoms with Gasteiger partial charge in [-0.15, -0.1) is 0 Å². The maximum Gasteiger partial charge on any atom is 0.274 e. The van der Waals surface area contributed by atoms with Crippen LogP contribution in [-0.2, 0) is 18.7 Å². The molecule has 7 nitrogen and oxygen atoms in total. The van der Waals surface area contributed by atoms with E-state index in [2.05, 4.69) is 5.32 Å². The number of rotatable bonds is 7. The maximum absolute atomic E-state index is 14.7. The fourth-order valence-electron chi connectivity index (χ4n) is 5.09. The summed E-state index contributed by atoms with van der Waals surface area (Å²) in [5.74, 6) is -3.25. The molecule has 198 valence electrons. The molecular formula is C28H26F3N3O4. The van der Waals surface area contributed by atoms with Gasteiger partial charge in [0, 0.05) is 37.5 Å². The normalized spacial score (nSPS) is 18.5. The van der Waals surface area contributed by atoms with Gasteiger partial charge in [-0.2, -0.15) is 0 Å². The van der Waals surface area contributed by atoms with Crippen molar-refractivity contribution in [3.8, 4) is 5.75 Å². The number of pyridine rings is 1. The molecule has 38 heavy (non-hydrogen) atoms. The second-order valence-corrected chi connectivity index (χ2v) is 9.65. The van der Waals surface area contributed by atoms with Gasteiger partial charge in [0.25, 0.3) is 11.8 Å². The third kappa shape index (κ3) is 4.66. The number of halogens is 3. The molecule has 0 spiro atoms. The Balaban J connectivity index is 1.58. The third-order valence-electron chi connectivity index (χ3n) is 7.15. The van der Waals surface area contributed by atoms with E-state index in [0.29, 0.717) is 31.9 Å². The summed E-state index contributed by atoms with van der Waals surface area (Å²) in [6.07, 6.45) is 2.96. The fourth-order valence-corrected chi connectivity index (χ4v) is 5.09. The molecule has 0 aliphatic carbocycles. The zero-order valence-corrected chi connectivity index (χ0v) is 20.5. The van der Waals surface area contributed by atoms with Crippen molar-refractivity contribution in [2.75, 3.05) is 19.8 Å². The summed E-state index contributed by atoms with van der Waals surface area (Å²) in [5, 5.41) is 2.47. The Morgan fingerprint density at radius 3 is 2.61 bits per heavy atom. The Kier molecular flexibility index (Phi) is 6.96. The highest BCUT2D eigenvalue weighted by Crippen LogP contribution is 2.37. The van der Waals surface area contributed by atoms with Crippen LogP contribution in [0, 0.1) is 11.6 Å². The number of nitrogens with zero attached hydrogens (tertiary/aromatic N) is 2. The number of hydrogen-bond acceptors (Lipinski definition) is 4. The number of ether oxygens (including phenoxy) is 1. The molecule has 0 saturated carbocycles. The minimum absolute atomic E-state index is 0.0215. The number of carbonyl (C=O) groups is 2. The number of alkyl halides is 1. The van der Waals surface area contributed by atoms with Gasteiger partial charge in [-0.05, 0) is 30.9 Å². The molecule has 2 aliphatic rings. The second kappa shape index (κ2) is 10.4. The topological polar surface area (TPSA) is 80.6 Å². The van der Waals surface area contributed by atoms with E-state index in [9.17, 15) is 27.6 Å². The van der Waals surface area contributed by atoms with E-state index in [1.165, 1.54) is 21.7 Å². The Morgan fingerprint density at radius 2 is 1.87 bits per heavy atom. The van der Waals surface area contributed by atoms with E-state index in [0.717, 1.165) is 11.6 Å². The van der Waals surface area contributed by atoms with Crippen LogP contribution in [0.3, 0.4) is 0 Å². The van der Waals surface area contributed by atoms with Crippen LogP contribution in [0.1, 0.15) is 51.2 Å². The average molecular weight is 526 g/mol. The van der Waals surface area contributed by atoms with Crippen LogP contribution in [0.25, 0.3) is 0 Å². The minimum atomic E-state index is -1.16. The number of amides is 2. The number of nitrogens with one attached hydrogen (secondary N) is 1. The van der Waals surface area contributed by atoms with Gasteiger partial charge in [0.2, 0.25) is 5.43 Å². The highest BCUT2D eigenvalue weighted by molar-refractivity contribution is 5.99. The number of aromatic nitrogens is 1. The summed E-state index contributed by atoms with van der Waals surface area (Å²) in [6, 6.07) is 11.9. The monoisotopic (exact) mass is 525 g/mol. The van der Waals surface area contributed by atoms with Crippen molar-refractivity contribution in [3.05, 3.63) is 99.0 Å². The predicted molar refractivity (Wildman–Crippen MR) is 133 cm³/mol. The molecule has 0 radical (unpaired) electrons. The summed E-state index contributed by atoms with van der Waals surface area (Å²) < 4.78 is 49.4. The highest BCUT2D eigenvalue weighted by atomic mass is 19.1. The van der Waals surface area contributed by atoms with Crippen molar-refractivity contribution in [2.45, 2.75) is 38.0 Å². The van der Waals surface area contributed by atoms with E-state index < -0.39 is 41.1 Å². The Labute approximate surface area is 216 Å². The lowest BCUT2D eigenvalue weighted by molar-refractivity contribution is 0.0512. The van der Waals surface area contributed by atoms with Crippen molar-refractivity contribution in [2.24, 2.45) is 0 Å². The molecule has 2 bridgehead atoms. The minimum Gasteiger partial charge on any atom is -0.483 e. The van der Waals surface area contributed by atoms with Crippen molar-refractivity contribution in [3.63, 3.8) is 0 Å². The summed E-state index contributed by atoms with van der Waals surface area (Å²) in [4.78, 5) is 41.8. The lowest BCUT2D eigenvalue weighted by atomic mass is 9.91. The Hall–Kier alpha value is -4.08. The van der Waals surface area contributed by atoms with Crippen LogP contribution in [0.4, 0.5) is 13.2 Å². The molecule has 0 unspecified atom stereocenters. The van der Waals surface area contributed by atoms with Gasteiger partial charge < -0.3 is 19.5 Å². The molecule has 1 saturated heterocycles. The first-order valence-corrected chi connectivity index (χ1v) is 12.4. The first-order valence-electron chi connectivity index (χ1n) is 12.4. The standard InChI is InChI=1S/C28H26F3N3O4/c29-16-28-10-4-5-11-33(17-28)27(37)23-25(38-15-18-6-2-1-3-7-18)24(35)21(14-34(23)28)26(36)32-13-19-8-9-20(30)12-22(19)31/h1-3,6-9,12,14H,4-5,10-11,13,15-17H2,(H,32,36)/t28-/m1/s1. The molecule has 1 N–H and O–H groups in total. The van der Waals surface area contributed by atoms with Gasteiger partial charge in [-0.3, -0.25) is 14.4 Å². The lowest BCUT2D eigenvalue weighted by Gasteiger charge is -2.43. The maximum atomic E-state index is 14.7. The van der Waals surface area contributed by atoms with Crippen LogP contribution in [0.5, 0.6) is 5.75 Å². The van der Waals surface area contributed by atoms with Crippen LogP contribution >= 0.6 is 0 Å². The summed E-state index contributed by atoms with van der Waals surface area (Å²) in [7, 11) is 0. The van der Waals surface area contributed by atoms with E-state index in [1.807, 2.05) is 6.07 Å². The zero-order valence-electron chi connectivity index (χ0n) is 20.5. The van der Waals surface area contributed by atoms with Crippen molar-refractivity contribution < 1.29 is 27.5 Å². The molecule has 5 rings (SSSR count). The second-order valence-electron chi connectivity index (χ2n) is 9.65. The SMILES string of the molecule is O=C(NCc1ccc(F)cc1F)c1cn2c(c(OCc3ccccc3)c1=O)C(=O)N1CCCC[C@@]2(CF)C1. The number of carbonyl (C=O) groups excluding carboxylic acids is 2. The first kappa shape index (κ1) is 25.6. The van der Waals surface area contributed by atoms with Crippen LogP contribution in [0.2, 0.25) is 0 Å². The predicted octanol–water partition coefficient (Wildman–Crippen LogP) is 3.94. The van der Waals surface area contributed by atoms with Gasteiger partial charge in [0.1, 0.15) is 30.5 Å². The smallest absolute Gasteiger partial charge is 0.274 e. The first-order chi connectivity index (χ1) is 18.3. The van der Waals surface area contributed by atoms with Gasteiger partial charge in [0.15, 0.2) is 11.4 Å². The number of benzene rings is 2. The Bertz CT molecular complexity index is 1440. The van der Waals surface area contributed by atoms with E-state index >= 15 is 0 Å². The molecule has 2 aromatic carbocycles. The van der Waals surface area contributed by atoms with E-state index in [1.54, 1.807) is 24.3 Å². The van der Waals surface area contributed by atoms with Gasteiger partial charge in [-0.1, -0.05) is 36.4 Å². The van der Waals surface area contributed by atoms with Gasteiger partial charge >= 0.3 is 0 Å². The summed E-state index contributed by atoms with van der Waals surface area (Å²) in [6.45, 7) is -0.638. The molecule has 1 aromatic heterocycles. The van der Waals surface area contributed by atoms with E-state index in [4.69, 9.17) is 4.74 Å². The molecule has 1 fully saturated rings. The number of fused-ring (bicyclic) bond motifs is 4. The van der Waals surface area contributed by atoms with Crippen molar-refractivity contribution >= 4 is 11.8 Å². The summed E-state index contributed by atoms with van der Waals surface area (Å²) in [5.41, 5.74) is -1.68. The van der Waals surface area contributed by atoms with Crippen molar-refractivity contribution in [1.29, 1.82) is 0 Å². The van der Waals surface area contributed by atoms with Crippen LogP contribution < -0.4 is 15.5 Å². The van der Waals surface area contributed by atoms with Crippen LogP contribution in [0.15, 0.2) is 59.5 Å². The average Bonchev–Trinajstić information content (AvgIpc) is 3.12. The fraction of sp³-hybridized carbons (Fsp3) is 0.321. The highest BCUT2D eigenvalue weighted by Gasteiger charge is 2.46. The largest absolute Gasteiger partial charge is 0.483 e. The summed E-state index contributed by atoms with van der Waals surface area (Å²) >= 11 is 0. The van der Waals surface area contributed by atoms with Crippen molar-refractivity contribution in [1.82, 2.24) is 14.8 Å². The molecule has 1 atom stereocenters. The van der Waals surface area contributed by atoms with Gasteiger partial charge in [-0.25, -0.2) is 13.2 Å². The lowest BCUT2D eigenvalue weighted by Crippen LogP contribution is -2.55. The zero-order chi connectivity index (χ0) is 26.9. The molecule has 2 aliphatic heterocycles. The van der Waals surface area contributed by atoms with Gasteiger partial charge in [0.05, 0.1) is 5.54 Å². The quantitative estimate of drug-likeness (QED) is 0.507. The molecular weight excluding hydrogens is 499 g/mol. The Morgan fingerprint density at radius 1 is 1.08 bits per heavy atom. The van der Waals surface area contributed by atoms with Crippen LogP contribution in [-0.4, -0.2) is 41.0 Å². The van der Waals surface area contributed by atoms with E-state index in [-0.39, 0.29) is 42.3 Å².